The van der Waals surface area contributed by atoms with Crippen molar-refractivity contribution in [1.29, 1.82) is 0 Å². The first-order chi connectivity index (χ1) is 10.0. The Kier molecular flexibility index (Phi) is 5.65. The molecule has 0 amide bonds. The first kappa shape index (κ1) is 16.3. The summed E-state index contributed by atoms with van der Waals surface area (Å²) in [6.07, 6.45) is 3.90. The van der Waals surface area contributed by atoms with Crippen LogP contribution < -0.4 is 10.1 Å². The zero-order valence-electron chi connectivity index (χ0n) is 13.8. The fraction of sp³-hybridized carbons (Fsp3) is 0.667. The highest BCUT2D eigenvalue weighted by molar-refractivity contribution is 5.47. The molecule has 2 rings (SSSR count). The van der Waals surface area contributed by atoms with E-state index in [1.807, 2.05) is 0 Å². The number of rotatable bonds is 7. The molecule has 2 N–H and O–H groups in total. The molecular weight excluding hydrogens is 262 g/mol. The molecule has 1 aromatic carbocycles. The van der Waals surface area contributed by atoms with Crippen molar-refractivity contribution in [3.05, 3.63) is 28.8 Å². The maximum atomic E-state index is 10.3. The van der Waals surface area contributed by atoms with E-state index in [1.54, 1.807) is 0 Å². The molecule has 1 aliphatic carbocycles. The minimum Gasteiger partial charge on any atom is -0.491 e. The van der Waals surface area contributed by atoms with E-state index in [4.69, 9.17) is 4.74 Å². The van der Waals surface area contributed by atoms with Crippen molar-refractivity contribution in [2.24, 2.45) is 0 Å². The minimum absolute atomic E-state index is 0.0866. The quantitative estimate of drug-likeness (QED) is 0.811. The lowest BCUT2D eigenvalue weighted by Crippen LogP contribution is -2.45. The van der Waals surface area contributed by atoms with E-state index in [0.717, 1.165) is 25.0 Å². The molecule has 2 unspecified atom stereocenters. The van der Waals surface area contributed by atoms with Crippen LogP contribution in [-0.4, -0.2) is 29.9 Å². The number of nitrogens with one attached hydrogen (secondary N) is 1. The predicted octanol–water partition coefficient (Wildman–Crippen LogP) is 3.00. The average molecular weight is 291 g/mol. The molecular formula is C18H29NO2. The highest BCUT2D eigenvalue weighted by Crippen LogP contribution is 2.33. The van der Waals surface area contributed by atoms with Gasteiger partial charge in [-0.1, -0.05) is 26.8 Å². The van der Waals surface area contributed by atoms with Gasteiger partial charge < -0.3 is 15.2 Å². The molecule has 118 valence electrons. The molecule has 3 nitrogen and oxygen atoms in total. The van der Waals surface area contributed by atoms with Gasteiger partial charge in [-0.3, -0.25) is 0 Å². The molecule has 0 aliphatic heterocycles. The van der Waals surface area contributed by atoms with Crippen LogP contribution in [0.3, 0.4) is 0 Å². The molecule has 1 aromatic rings. The third-order valence-electron chi connectivity index (χ3n) is 4.34. The Morgan fingerprint density at radius 2 is 1.95 bits per heavy atom. The highest BCUT2D eigenvalue weighted by Gasteiger charge is 2.21. The van der Waals surface area contributed by atoms with Crippen LogP contribution in [0.25, 0.3) is 0 Å². The van der Waals surface area contributed by atoms with Crippen molar-refractivity contribution in [2.75, 3.05) is 6.61 Å². The maximum absolute atomic E-state index is 10.3. The number of hydrogen-bond donors (Lipinski definition) is 2. The van der Waals surface area contributed by atoms with Gasteiger partial charge in [0.1, 0.15) is 18.5 Å². The van der Waals surface area contributed by atoms with Crippen molar-refractivity contribution < 1.29 is 9.84 Å². The third-order valence-corrected chi connectivity index (χ3v) is 4.34. The van der Waals surface area contributed by atoms with Gasteiger partial charge >= 0.3 is 0 Å². The Labute approximate surface area is 128 Å². The van der Waals surface area contributed by atoms with Crippen molar-refractivity contribution in [3.8, 4) is 5.75 Å². The van der Waals surface area contributed by atoms with Crippen molar-refractivity contribution >= 4 is 0 Å². The summed E-state index contributed by atoms with van der Waals surface area (Å²) in [7, 11) is 0. The van der Waals surface area contributed by atoms with Crippen LogP contribution in [0.15, 0.2) is 12.1 Å². The fourth-order valence-electron chi connectivity index (χ4n) is 3.21. The lowest BCUT2D eigenvalue weighted by molar-refractivity contribution is 0.0684. The van der Waals surface area contributed by atoms with E-state index in [9.17, 15) is 5.11 Å². The Bertz CT molecular complexity index is 471. The molecule has 0 saturated heterocycles. The van der Waals surface area contributed by atoms with Gasteiger partial charge in [-0.05, 0) is 55.4 Å². The van der Waals surface area contributed by atoms with Gasteiger partial charge in [0, 0.05) is 12.1 Å². The number of ether oxygens (including phenoxy) is 1. The number of aliphatic hydroxyl groups excluding tert-OH is 1. The Morgan fingerprint density at radius 1 is 1.24 bits per heavy atom. The summed E-state index contributed by atoms with van der Waals surface area (Å²) >= 11 is 0. The van der Waals surface area contributed by atoms with Gasteiger partial charge in [-0.25, -0.2) is 0 Å². The molecule has 21 heavy (non-hydrogen) atoms. The lowest BCUT2D eigenvalue weighted by atomic mass is 10.0. The smallest absolute Gasteiger partial charge is 0.122 e. The maximum Gasteiger partial charge on any atom is 0.122 e. The first-order valence-electron chi connectivity index (χ1n) is 8.21. The number of aliphatic hydroxyl groups is 1. The van der Waals surface area contributed by atoms with Gasteiger partial charge in [0.05, 0.1) is 0 Å². The van der Waals surface area contributed by atoms with Crippen molar-refractivity contribution in [2.45, 2.75) is 71.6 Å². The monoisotopic (exact) mass is 291 g/mol. The van der Waals surface area contributed by atoms with Crippen LogP contribution in [0, 0.1) is 6.92 Å². The lowest BCUT2D eigenvalue weighted by Gasteiger charge is -2.25. The van der Waals surface area contributed by atoms with E-state index < -0.39 is 6.10 Å². The number of fused-ring (bicyclic) bond motifs is 1. The van der Waals surface area contributed by atoms with Gasteiger partial charge in [-0.2, -0.15) is 0 Å². The zero-order chi connectivity index (χ0) is 15.4. The fourth-order valence-corrected chi connectivity index (χ4v) is 3.21. The van der Waals surface area contributed by atoms with E-state index >= 15 is 0 Å². The van der Waals surface area contributed by atoms with Gasteiger partial charge in [-0.15, -0.1) is 0 Å². The standard InChI is InChI=1S/C18H29NO2/c1-5-16(19-12(2)3)17(20)11-21-18-10-9-13(4)14-7-6-8-15(14)18/h9-10,12,16-17,19-20H,5-8,11H2,1-4H3. The van der Waals surface area contributed by atoms with Crippen molar-refractivity contribution in [1.82, 2.24) is 5.32 Å². The van der Waals surface area contributed by atoms with E-state index in [1.165, 1.54) is 23.1 Å². The summed E-state index contributed by atoms with van der Waals surface area (Å²) in [6, 6.07) is 4.65. The molecule has 1 aliphatic rings. The summed E-state index contributed by atoms with van der Waals surface area (Å²) in [5, 5.41) is 13.7. The molecule has 0 saturated carbocycles. The normalized spacial score (nSPS) is 16.9. The number of benzene rings is 1. The van der Waals surface area contributed by atoms with E-state index in [2.05, 4.69) is 45.1 Å². The predicted molar refractivity (Wildman–Crippen MR) is 87.1 cm³/mol. The summed E-state index contributed by atoms with van der Waals surface area (Å²) in [4.78, 5) is 0. The molecule has 2 atom stereocenters. The topological polar surface area (TPSA) is 41.5 Å². The third kappa shape index (κ3) is 3.98. The second kappa shape index (κ2) is 7.28. The van der Waals surface area contributed by atoms with Crippen LogP contribution in [0.1, 0.15) is 50.3 Å². The second-order valence-corrected chi connectivity index (χ2v) is 6.41. The zero-order valence-corrected chi connectivity index (χ0v) is 13.8. The first-order valence-corrected chi connectivity index (χ1v) is 8.21. The number of hydrogen-bond acceptors (Lipinski definition) is 3. The summed E-state index contributed by atoms with van der Waals surface area (Å²) in [5.41, 5.74) is 4.17. The molecule has 0 heterocycles. The van der Waals surface area contributed by atoms with Gasteiger partial charge in [0.15, 0.2) is 0 Å². The Hall–Kier alpha value is -1.06. The van der Waals surface area contributed by atoms with E-state index in [-0.39, 0.29) is 6.04 Å². The molecule has 0 bridgehead atoms. The summed E-state index contributed by atoms with van der Waals surface area (Å²) in [5.74, 6) is 0.964. The van der Waals surface area contributed by atoms with Crippen molar-refractivity contribution in [3.63, 3.8) is 0 Å². The summed E-state index contributed by atoms with van der Waals surface area (Å²) in [6.45, 7) is 8.81. The van der Waals surface area contributed by atoms with Crippen LogP contribution in [0.4, 0.5) is 0 Å². The highest BCUT2D eigenvalue weighted by atomic mass is 16.5. The number of aryl methyl sites for hydroxylation is 1. The Balaban J connectivity index is 1.98. The molecule has 0 fully saturated rings. The van der Waals surface area contributed by atoms with Crippen LogP contribution in [0.2, 0.25) is 0 Å². The largest absolute Gasteiger partial charge is 0.491 e. The van der Waals surface area contributed by atoms with E-state index in [0.29, 0.717) is 12.6 Å². The van der Waals surface area contributed by atoms with Crippen LogP contribution in [0.5, 0.6) is 5.75 Å². The second-order valence-electron chi connectivity index (χ2n) is 6.41. The van der Waals surface area contributed by atoms with Crippen LogP contribution >= 0.6 is 0 Å². The average Bonchev–Trinajstić information content (AvgIpc) is 2.94. The molecule has 0 aromatic heterocycles. The molecule has 3 heteroatoms. The minimum atomic E-state index is -0.476. The van der Waals surface area contributed by atoms with Gasteiger partial charge in [0.25, 0.3) is 0 Å². The molecule has 0 radical (unpaired) electrons. The van der Waals surface area contributed by atoms with Gasteiger partial charge in [0.2, 0.25) is 0 Å². The van der Waals surface area contributed by atoms with Crippen LogP contribution in [-0.2, 0) is 12.8 Å². The Morgan fingerprint density at radius 3 is 2.62 bits per heavy atom. The SMILES string of the molecule is CCC(NC(C)C)C(O)COc1ccc(C)c2c1CCC2. The summed E-state index contributed by atoms with van der Waals surface area (Å²) < 4.78 is 5.94. The molecule has 0 spiro atoms.